The molecule has 1 aliphatic rings. The van der Waals surface area contributed by atoms with E-state index in [1.165, 1.54) is 4.31 Å². The lowest BCUT2D eigenvalue weighted by Crippen LogP contribution is -2.46. The number of rotatable bonds is 6. The largest absolute Gasteiger partial charge is 0.348 e. The third kappa shape index (κ3) is 5.37. The van der Waals surface area contributed by atoms with E-state index in [1.54, 1.807) is 6.26 Å². The van der Waals surface area contributed by atoms with Gasteiger partial charge in [-0.2, -0.15) is 12.7 Å². The van der Waals surface area contributed by atoms with Gasteiger partial charge in [-0.1, -0.05) is 30.3 Å². The van der Waals surface area contributed by atoms with Gasteiger partial charge in [0.25, 0.3) is 10.2 Å². The Labute approximate surface area is 145 Å². The van der Waals surface area contributed by atoms with Crippen LogP contribution in [0.5, 0.6) is 0 Å². The van der Waals surface area contributed by atoms with Gasteiger partial charge in [0.2, 0.25) is 5.91 Å². The molecular weight excluding hydrogens is 350 g/mol. The molecule has 1 aromatic rings. The quantitative estimate of drug-likeness (QED) is 0.739. The average molecular weight is 374 g/mol. The van der Waals surface area contributed by atoms with Crippen molar-refractivity contribution in [1.29, 1.82) is 0 Å². The molecule has 2 unspecified atom stereocenters. The van der Waals surface area contributed by atoms with Gasteiger partial charge in [-0.3, -0.25) is 9.00 Å². The number of nitrogens with one attached hydrogen (secondary N) is 1. The van der Waals surface area contributed by atoms with Crippen LogP contribution in [0.2, 0.25) is 0 Å². The van der Waals surface area contributed by atoms with Crippen molar-refractivity contribution in [2.45, 2.75) is 18.9 Å². The van der Waals surface area contributed by atoms with Crippen LogP contribution in [0, 0.1) is 5.92 Å². The number of nitrogens with two attached hydrogens (primary N) is 1. The second kappa shape index (κ2) is 8.19. The van der Waals surface area contributed by atoms with Gasteiger partial charge < -0.3 is 5.32 Å². The maximum Gasteiger partial charge on any atom is 0.276 e. The van der Waals surface area contributed by atoms with Gasteiger partial charge in [0.1, 0.15) is 0 Å². The van der Waals surface area contributed by atoms with Gasteiger partial charge in [0.05, 0.1) is 6.04 Å². The molecular formula is C15H23N3O4S2. The third-order valence-electron chi connectivity index (χ3n) is 4.10. The zero-order chi connectivity index (χ0) is 17.7. The SMILES string of the molecule is CS(=O)CC(NC(=O)C1CCN(S(N)(=O)=O)CC1)c1ccccc1. The van der Waals surface area contributed by atoms with E-state index in [0.717, 1.165) is 5.56 Å². The molecule has 0 radical (unpaired) electrons. The predicted octanol–water partition coefficient (Wildman–Crippen LogP) is 0.138. The fourth-order valence-corrected chi connectivity index (χ4v) is 4.27. The third-order valence-corrected chi connectivity index (χ3v) is 5.99. The minimum atomic E-state index is -3.70. The number of benzene rings is 1. The Morgan fingerprint density at radius 1 is 1.33 bits per heavy atom. The zero-order valence-electron chi connectivity index (χ0n) is 13.6. The standard InChI is InChI=1S/C15H23N3O4S2/c1-23(20)11-14(12-5-3-2-4-6-12)17-15(19)13-7-9-18(10-8-13)24(16,21)22/h2-6,13-14H,7-11H2,1H3,(H,17,19)(H2,16,21,22). The highest BCUT2D eigenvalue weighted by Crippen LogP contribution is 2.21. The number of carbonyl (C=O) groups is 1. The van der Waals surface area contributed by atoms with E-state index in [0.29, 0.717) is 18.6 Å². The second-order valence-corrected chi connectivity index (χ2v) is 8.96. The highest BCUT2D eigenvalue weighted by atomic mass is 32.2. The number of amides is 1. The maximum absolute atomic E-state index is 12.5. The lowest BCUT2D eigenvalue weighted by Gasteiger charge is -2.30. The summed E-state index contributed by atoms with van der Waals surface area (Å²) in [5.41, 5.74) is 0.906. The van der Waals surface area contributed by atoms with Gasteiger partial charge in [-0.15, -0.1) is 0 Å². The molecule has 2 rings (SSSR count). The van der Waals surface area contributed by atoms with Crippen LogP contribution in [0.15, 0.2) is 30.3 Å². The summed E-state index contributed by atoms with van der Waals surface area (Å²) < 4.78 is 35.4. The summed E-state index contributed by atoms with van der Waals surface area (Å²) in [5, 5.41) is 8.06. The highest BCUT2D eigenvalue weighted by Gasteiger charge is 2.30. The molecule has 0 bridgehead atoms. The Balaban J connectivity index is 2.00. The highest BCUT2D eigenvalue weighted by molar-refractivity contribution is 7.86. The molecule has 1 amide bonds. The molecule has 134 valence electrons. The minimum Gasteiger partial charge on any atom is -0.348 e. The Morgan fingerprint density at radius 3 is 2.42 bits per heavy atom. The molecule has 9 heteroatoms. The molecule has 0 spiro atoms. The fourth-order valence-electron chi connectivity index (χ4n) is 2.80. The second-order valence-electron chi connectivity index (χ2n) is 5.93. The van der Waals surface area contributed by atoms with Crippen LogP contribution in [0.1, 0.15) is 24.4 Å². The van der Waals surface area contributed by atoms with E-state index >= 15 is 0 Å². The van der Waals surface area contributed by atoms with Gasteiger partial charge in [0, 0.05) is 41.8 Å². The van der Waals surface area contributed by atoms with E-state index in [-0.39, 0.29) is 31.0 Å². The molecule has 1 heterocycles. The van der Waals surface area contributed by atoms with E-state index in [9.17, 15) is 17.4 Å². The first kappa shape index (κ1) is 19.0. The molecule has 0 saturated carbocycles. The first-order valence-corrected chi connectivity index (χ1v) is 10.9. The van der Waals surface area contributed by atoms with Crippen molar-refractivity contribution in [3.8, 4) is 0 Å². The summed E-state index contributed by atoms with van der Waals surface area (Å²) in [7, 11) is -4.75. The van der Waals surface area contributed by atoms with Gasteiger partial charge >= 0.3 is 0 Å². The first-order chi connectivity index (χ1) is 11.3. The molecule has 7 nitrogen and oxygen atoms in total. The molecule has 1 aliphatic heterocycles. The molecule has 1 fully saturated rings. The van der Waals surface area contributed by atoms with Crippen molar-refractivity contribution < 1.29 is 17.4 Å². The molecule has 3 N–H and O–H groups in total. The average Bonchev–Trinajstić information content (AvgIpc) is 2.54. The van der Waals surface area contributed by atoms with Gasteiger partial charge in [-0.05, 0) is 18.4 Å². The molecule has 1 aromatic carbocycles. The molecule has 2 atom stereocenters. The van der Waals surface area contributed by atoms with Crippen LogP contribution in [-0.4, -0.2) is 47.9 Å². The number of hydrogen-bond acceptors (Lipinski definition) is 4. The summed E-state index contributed by atoms with van der Waals surface area (Å²) in [4.78, 5) is 12.5. The van der Waals surface area contributed by atoms with E-state index < -0.39 is 21.0 Å². The number of piperidine rings is 1. The predicted molar refractivity (Wildman–Crippen MR) is 93.7 cm³/mol. The Bertz CT molecular complexity index is 686. The topological polar surface area (TPSA) is 110 Å². The molecule has 1 saturated heterocycles. The lowest BCUT2D eigenvalue weighted by atomic mass is 9.96. The first-order valence-electron chi connectivity index (χ1n) is 7.70. The van der Waals surface area contributed by atoms with Crippen LogP contribution >= 0.6 is 0 Å². The van der Waals surface area contributed by atoms with Crippen LogP contribution in [0.4, 0.5) is 0 Å². The number of nitrogens with zero attached hydrogens (tertiary/aromatic N) is 1. The van der Waals surface area contributed by atoms with Crippen molar-refractivity contribution in [3.63, 3.8) is 0 Å². The van der Waals surface area contributed by atoms with Crippen LogP contribution in [-0.2, 0) is 25.8 Å². The maximum atomic E-state index is 12.5. The van der Waals surface area contributed by atoms with Crippen molar-refractivity contribution in [2.75, 3.05) is 25.1 Å². The Kier molecular flexibility index (Phi) is 6.50. The number of carbonyl (C=O) groups excluding carboxylic acids is 1. The fraction of sp³-hybridized carbons (Fsp3) is 0.533. The molecule has 0 aliphatic carbocycles. The van der Waals surface area contributed by atoms with Crippen molar-refractivity contribution in [3.05, 3.63) is 35.9 Å². The van der Waals surface area contributed by atoms with Crippen molar-refractivity contribution in [2.24, 2.45) is 11.1 Å². The molecule has 0 aromatic heterocycles. The smallest absolute Gasteiger partial charge is 0.276 e. The van der Waals surface area contributed by atoms with Gasteiger partial charge in [-0.25, -0.2) is 5.14 Å². The van der Waals surface area contributed by atoms with Crippen LogP contribution < -0.4 is 10.5 Å². The Morgan fingerprint density at radius 2 is 1.92 bits per heavy atom. The summed E-state index contributed by atoms with van der Waals surface area (Å²) in [6, 6.07) is 9.09. The normalized spacial score (nSPS) is 19.6. The molecule has 24 heavy (non-hydrogen) atoms. The monoisotopic (exact) mass is 373 g/mol. The number of hydrogen-bond donors (Lipinski definition) is 2. The summed E-state index contributed by atoms with van der Waals surface area (Å²) in [6.45, 7) is 0.485. The van der Waals surface area contributed by atoms with E-state index in [4.69, 9.17) is 5.14 Å². The summed E-state index contributed by atoms with van der Waals surface area (Å²) in [6.07, 6.45) is 2.46. The Hall–Kier alpha value is -1.29. The zero-order valence-corrected chi connectivity index (χ0v) is 15.2. The van der Waals surface area contributed by atoms with E-state index in [1.807, 2.05) is 30.3 Å². The van der Waals surface area contributed by atoms with Gasteiger partial charge in [0.15, 0.2) is 0 Å². The summed E-state index contributed by atoms with van der Waals surface area (Å²) >= 11 is 0. The van der Waals surface area contributed by atoms with Crippen LogP contribution in [0.3, 0.4) is 0 Å². The minimum absolute atomic E-state index is 0.136. The van der Waals surface area contributed by atoms with Crippen molar-refractivity contribution in [1.82, 2.24) is 9.62 Å². The van der Waals surface area contributed by atoms with E-state index in [2.05, 4.69) is 5.32 Å². The van der Waals surface area contributed by atoms with Crippen molar-refractivity contribution >= 4 is 26.9 Å². The van der Waals surface area contributed by atoms with Crippen LogP contribution in [0.25, 0.3) is 0 Å². The lowest BCUT2D eigenvalue weighted by molar-refractivity contribution is -0.126. The summed E-state index contributed by atoms with van der Waals surface area (Å²) in [5.74, 6) is -0.0610.